The van der Waals surface area contributed by atoms with Gasteiger partial charge in [0, 0.05) is 0 Å². The van der Waals surface area contributed by atoms with Crippen LogP contribution in [0, 0.1) is 116 Å². The van der Waals surface area contributed by atoms with Crippen LogP contribution < -0.4 is 0 Å². The molecular formula is C83H134O3. The summed E-state index contributed by atoms with van der Waals surface area (Å²) in [6.45, 7) is 45.1. The van der Waals surface area contributed by atoms with Crippen molar-refractivity contribution in [3.63, 3.8) is 0 Å². The highest BCUT2D eigenvalue weighted by Crippen LogP contribution is 2.68. The smallest absolute Gasteiger partial charge is 0.0583 e. The quantitative estimate of drug-likeness (QED) is 0.143. The van der Waals surface area contributed by atoms with Crippen molar-refractivity contribution in [1.29, 1.82) is 0 Å². The number of aliphatic hydroxyl groups excluding tert-OH is 3. The van der Waals surface area contributed by atoms with Crippen molar-refractivity contribution >= 4 is 0 Å². The van der Waals surface area contributed by atoms with Gasteiger partial charge in [-0.05, 0) is 282 Å². The maximum absolute atomic E-state index is 10.2. The average Bonchev–Trinajstić information content (AvgIpc) is 1.62. The predicted octanol–water partition coefficient (Wildman–Crippen LogP) is 22.7. The second kappa shape index (κ2) is 29.9. The van der Waals surface area contributed by atoms with Crippen molar-refractivity contribution in [2.24, 2.45) is 116 Å². The number of allylic oxidation sites excluding steroid dienone is 13. The van der Waals surface area contributed by atoms with Crippen LogP contribution in [-0.2, 0) is 0 Å². The van der Waals surface area contributed by atoms with Gasteiger partial charge in [0.1, 0.15) is 0 Å². The van der Waals surface area contributed by atoms with Crippen LogP contribution in [-0.4, -0.2) is 33.6 Å². The molecule has 9 fully saturated rings. The number of aliphatic hydroxyl groups is 3. The van der Waals surface area contributed by atoms with Crippen molar-refractivity contribution in [3.05, 3.63) is 107 Å². The summed E-state index contributed by atoms with van der Waals surface area (Å²) in [5.41, 5.74) is 11.8. The van der Waals surface area contributed by atoms with E-state index in [-0.39, 0.29) is 18.3 Å². The van der Waals surface area contributed by atoms with E-state index in [9.17, 15) is 15.3 Å². The Labute approximate surface area is 531 Å². The normalized spacial score (nSPS) is 40.9. The maximum Gasteiger partial charge on any atom is 0.0583 e. The van der Waals surface area contributed by atoms with Gasteiger partial charge in [-0.25, -0.2) is 0 Å². The van der Waals surface area contributed by atoms with E-state index in [4.69, 9.17) is 0 Å². The summed E-state index contributed by atoms with van der Waals surface area (Å²) in [5.74, 6) is 12.6. The minimum atomic E-state index is -0.182. The third-order valence-electron chi connectivity index (χ3n) is 27.5. The lowest BCUT2D eigenvalue weighted by molar-refractivity contribution is -0.0573. The molecule has 0 bridgehead atoms. The van der Waals surface area contributed by atoms with Crippen LogP contribution in [0.2, 0.25) is 0 Å². The van der Waals surface area contributed by atoms with Gasteiger partial charge in [0.2, 0.25) is 0 Å². The van der Waals surface area contributed by atoms with Gasteiger partial charge in [-0.2, -0.15) is 0 Å². The Balaban J connectivity index is 0.000000168. The Morgan fingerprint density at radius 3 is 1.47 bits per heavy atom. The first-order chi connectivity index (χ1) is 40.7. The Kier molecular flexibility index (Phi) is 24.1. The second-order valence-electron chi connectivity index (χ2n) is 33.9. The molecule has 20 atom stereocenters. The van der Waals surface area contributed by atoms with E-state index in [1.54, 1.807) is 16.7 Å². The molecule has 10 aliphatic rings. The number of hydrogen-bond donors (Lipinski definition) is 3. The summed E-state index contributed by atoms with van der Waals surface area (Å²) >= 11 is 0. The highest BCUT2D eigenvalue weighted by atomic mass is 16.3. The maximum atomic E-state index is 10.2. The van der Waals surface area contributed by atoms with Gasteiger partial charge < -0.3 is 15.3 Å². The van der Waals surface area contributed by atoms with Crippen molar-refractivity contribution in [2.75, 3.05) is 0 Å². The van der Waals surface area contributed by atoms with Crippen LogP contribution >= 0.6 is 0 Å². The number of fused-ring (bicyclic) bond motifs is 7. The third-order valence-corrected chi connectivity index (χ3v) is 27.5. The van der Waals surface area contributed by atoms with Gasteiger partial charge in [0.25, 0.3) is 0 Å². The predicted molar refractivity (Wildman–Crippen MR) is 370 cm³/mol. The van der Waals surface area contributed by atoms with Crippen LogP contribution in [0.5, 0.6) is 0 Å². The molecule has 0 aromatic rings. The lowest BCUT2D eigenvalue weighted by atomic mass is 9.47. The Morgan fingerprint density at radius 1 is 0.488 bits per heavy atom. The molecule has 0 unspecified atom stereocenters. The Morgan fingerprint density at radius 2 is 0.977 bits per heavy atom. The lowest BCUT2D eigenvalue weighted by Crippen LogP contribution is -2.50. The first-order valence-electron chi connectivity index (χ1n) is 37.0. The minimum absolute atomic E-state index is 0.0766. The molecule has 0 radical (unpaired) electrons. The monoisotopic (exact) mass is 1180 g/mol. The summed E-state index contributed by atoms with van der Waals surface area (Å²) in [7, 11) is 0. The van der Waals surface area contributed by atoms with Crippen molar-refractivity contribution in [1.82, 2.24) is 0 Å². The van der Waals surface area contributed by atoms with Crippen LogP contribution in [0.3, 0.4) is 0 Å². The van der Waals surface area contributed by atoms with Crippen molar-refractivity contribution < 1.29 is 15.3 Å². The fourth-order valence-electron chi connectivity index (χ4n) is 21.2. The topological polar surface area (TPSA) is 60.7 Å². The largest absolute Gasteiger partial charge is 0.393 e. The average molecular weight is 1180 g/mol. The fourth-order valence-corrected chi connectivity index (χ4v) is 21.2. The summed E-state index contributed by atoms with van der Waals surface area (Å²) in [6, 6.07) is 0. The summed E-state index contributed by atoms with van der Waals surface area (Å²) in [4.78, 5) is 0. The van der Waals surface area contributed by atoms with E-state index >= 15 is 0 Å². The van der Waals surface area contributed by atoms with Crippen LogP contribution in [0.1, 0.15) is 277 Å². The fraction of sp³-hybridized carbons (Fsp3) is 0.783. The molecule has 10 rings (SSSR count). The van der Waals surface area contributed by atoms with Crippen molar-refractivity contribution in [2.45, 2.75) is 296 Å². The highest BCUT2D eigenvalue weighted by Gasteiger charge is 2.59. The van der Waals surface area contributed by atoms with Gasteiger partial charge in [-0.15, -0.1) is 0 Å². The molecule has 0 aromatic heterocycles. The molecule has 10 aliphatic carbocycles. The molecule has 0 spiro atoms. The van der Waals surface area contributed by atoms with Gasteiger partial charge in [-0.1, -0.05) is 219 Å². The van der Waals surface area contributed by atoms with E-state index in [1.807, 2.05) is 0 Å². The zero-order valence-electron chi connectivity index (χ0n) is 58.5. The zero-order valence-corrected chi connectivity index (χ0v) is 58.5. The molecule has 0 amide bonds. The second-order valence-corrected chi connectivity index (χ2v) is 33.9. The molecule has 0 saturated heterocycles. The molecule has 3 nitrogen and oxygen atoms in total. The standard InChI is InChI=1S/2C28H44O.C27H46O/c2*1-19(2)20(3)9-10-22(5)26-15-16-27-23(8-7-17-28(26,27)6)12-13-24-18-25(29)14-11-21(24)4;1-18(2)7-6-8-19(3)23-11-12-24-22-10-9-20-17-21(28)13-15-26(20,4)25(22)14-16-27(23,24)5/h2*9-10,12-13,19-20,22,25-27,29H,4,7-8,11,14-18H2,1-3,5-6H3;9,18-19,21-25,28H,6-8,10-17H2,1-5H3/b2*10-9+,23-12+,24-13-;/t2*20-,22+,25-,26+,27-,28+;19-,21-,22+,23-,24+,25+,26+,27-/m001/s1. The summed E-state index contributed by atoms with van der Waals surface area (Å²) in [5, 5.41) is 30.3. The Hall–Kier alpha value is -2.46. The van der Waals surface area contributed by atoms with Gasteiger partial charge in [0.05, 0.1) is 18.3 Å². The van der Waals surface area contributed by atoms with Gasteiger partial charge >= 0.3 is 0 Å². The molecule has 484 valence electrons. The molecule has 86 heavy (non-hydrogen) atoms. The van der Waals surface area contributed by atoms with Gasteiger partial charge in [-0.3, -0.25) is 0 Å². The number of rotatable bonds is 15. The van der Waals surface area contributed by atoms with Crippen molar-refractivity contribution in [3.8, 4) is 0 Å². The SMILES string of the molecule is C=C1CC[C@H](O)C/C1=C/C=C1\CCC[C@]2(C)[C@@H]([C@H](C)/C=C/[C@H](C)C(C)C)CC[C@@H]12.C=C1CC[C@H](O)C/C1=C/C=C1\CCC[C@]2(C)[C@@H]([C@H](C)/C=C/[C@H](C)C(C)C)CC[C@@H]12.CC(C)CCC[C@@H](C)[C@H]1CC[C@H]2[C@@H]3CC=C4C[C@H](O)CC[C@]4(C)[C@H]3CC[C@]12C. The zero-order chi connectivity index (χ0) is 62.5. The molecular weight excluding hydrogens is 1040 g/mol. The van der Waals surface area contributed by atoms with Crippen LogP contribution in [0.4, 0.5) is 0 Å². The molecule has 3 heteroatoms. The molecule has 0 aliphatic heterocycles. The summed E-state index contributed by atoms with van der Waals surface area (Å²) < 4.78 is 0. The van der Waals surface area contributed by atoms with E-state index in [2.05, 4.69) is 172 Å². The molecule has 0 aromatic carbocycles. The van der Waals surface area contributed by atoms with Crippen LogP contribution in [0.25, 0.3) is 0 Å². The third kappa shape index (κ3) is 15.7. The highest BCUT2D eigenvalue weighted by molar-refractivity contribution is 5.38. The lowest BCUT2D eigenvalue weighted by Gasteiger charge is -2.58. The van der Waals surface area contributed by atoms with E-state index in [0.717, 1.165) is 122 Å². The molecule has 3 N–H and O–H groups in total. The van der Waals surface area contributed by atoms with E-state index in [1.165, 1.54) is 144 Å². The number of hydrogen-bond acceptors (Lipinski definition) is 3. The van der Waals surface area contributed by atoms with Crippen LogP contribution in [0.15, 0.2) is 107 Å². The first kappa shape index (κ1) is 69.4. The molecule has 0 heterocycles. The Bertz CT molecular complexity index is 2370. The van der Waals surface area contributed by atoms with E-state index < -0.39 is 0 Å². The van der Waals surface area contributed by atoms with Gasteiger partial charge in [0.15, 0.2) is 0 Å². The minimum Gasteiger partial charge on any atom is -0.393 e. The summed E-state index contributed by atoms with van der Waals surface area (Å²) in [6.07, 6.45) is 54.7. The van der Waals surface area contributed by atoms with E-state index in [0.29, 0.717) is 45.3 Å². The first-order valence-corrected chi connectivity index (χ1v) is 37.0. The molecule has 9 saturated carbocycles.